The van der Waals surface area contributed by atoms with Crippen LogP contribution in [0.5, 0.6) is 0 Å². The molecule has 0 unspecified atom stereocenters. The van der Waals surface area contributed by atoms with E-state index in [-0.39, 0.29) is 5.57 Å². The average Bonchev–Trinajstić information content (AvgIpc) is 2.51. The third-order valence-electron chi connectivity index (χ3n) is 3.13. The van der Waals surface area contributed by atoms with Crippen LogP contribution in [0.25, 0.3) is 16.7 Å². The number of carboxylic acid groups (broad SMARTS) is 1. The fourth-order valence-electron chi connectivity index (χ4n) is 2.00. The summed E-state index contributed by atoms with van der Waals surface area (Å²) in [6.07, 6.45) is 4.89. The summed E-state index contributed by atoms with van der Waals surface area (Å²) >= 11 is 0. The predicted octanol–water partition coefficient (Wildman–Crippen LogP) is 4.68. The summed E-state index contributed by atoms with van der Waals surface area (Å²) in [4.78, 5) is 11.2. The Kier molecular flexibility index (Phi) is 4.84. The van der Waals surface area contributed by atoms with E-state index in [1.54, 1.807) is 43.3 Å². The molecule has 0 aliphatic carbocycles. The van der Waals surface area contributed by atoms with Crippen LogP contribution in [-0.4, -0.2) is 11.1 Å². The molecule has 0 fully saturated rings. The number of benzene rings is 2. The Hall–Kier alpha value is -2.75. The van der Waals surface area contributed by atoms with Gasteiger partial charge in [-0.25, -0.2) is 13.6 Å². The third kappa shape index (κ3) is 3.47. The summed E-state index contributed by atoms with van der Waals surface area (Å²) in [7, 11) is 0. The standard InChI is InChI=1S/C18H14F2O2/c1-2-3-4-15(18(21)22)13-7-5-12(6-8-13)14-9-10-16(19)17(20)11-14/h2-11H,1H3,(H,21,22)/b3-2+,15-4+. The minimum atomic E-state index is -1.03. The van der Waals surface area contributed by atoms with Crippen LogP contribution in [0.1, 0.15) is 12.5 Å². The Balaban J connectivity index is 2.37. The molecule has 2 aromatic carbocycles. The first-order chi connectivity index (χ1) is 10.5. The van der Waals surface area contributed by atoms with Crippen molar-refractivity contribution >= 4 is 11.5 Å². The Morgan fingerprint density at radius 3 is 2.18 bits per heavy atom. The normalized spacial score (nSPS) is 11.9. The van der Waals surface area contributed by atoms with Crippen molar-refractivity contribution in [3.63, 3.8) is 0 Å². The smallest absolute Gasteiger partial charge is 0.336 e. The quantitative estimate of drug-likeness (QED) is 0.657. The highest BCUT2D eigenvalue weighted by Gasteiger charge is 2.10. The van der Waals surface area contributed by atoms with Crippen LogP contribution in [0.15, 0.2) is 60.7 Å². The SMILES string of the molecule is C/C=C/C=C(/C(=O)O)c1ccc(-c2ccc(F)c(F)c2)cc1. The fraction of sp³-hybridized carbons (Fsp3) is 0.0556. The monoisotopic (exact) mass is 300 g/mol. The van der Waals surface area contributed by atoms with Crippen molar-refractivity contribution < 1.29 is 18.7 Å². The molecule has 112 valence electrons. The van der Waals surface area contributed by atoms with Crippen LogP contribution in [-0.2, 0) is 4.79 Å². The molecule has 1 N–H and O–H groups in total. The zero-order chi connectivity index (χ0) is 16.1. The van der Waals surface area contributed by atoms with E-state index >= 15 is 0 Å². The lowest BCUT2D eigenvalue weighted by atomic mass is 10.00. The van der Waals surface area contributed by atoms with Gasteiger partial charge in [0.05, 0.1) is 5.57 Å². The fourth-order valence-corrected chi connectivity index (χ4v) is 2.00. The maximum Gasteiger partial charge on any atom is 0.336 e. The molecule has 4 heteroatoms. The summed E-state index contributed by atoms with van der Waals surface area (Å²) in [5, 5.41) is 9.21. The highest BCUT2D eigenvalue weighted by Crippen LogP contribution is 2.24. The molecule has 0 atom stereocenters. The number of hydrogen-bond acceptors (Lipinski definition) is 1. The van der Waals surface area contributed by atoms with Gasteiger partial charge in [0.15, 0.2) is 11.6 Å². The molecule has 0 saturated carbocycles. The van der Waals surface area contributed by atoms with E-state index in [4.69, 9.17) is 0 Å². The van der Waals surface area contributed by atoms with Crippen LogP contribution in [0.3, 0.4) is 0 Å². The van der Waals surface area contributed by atoms with Crippen LogP contribution in [0.2, 0.25) is 0 Å². The summed E-state index contributed by atoms with van der Waals surface area (Å²) in [6.45, 7) is 1.79. The van der Waals surface area contributed by atoms with Crippen molar-refractivity contribution in [2.24, 2.45) is 0 Å². The van der Waals surface area contributed by atoms with Gasteiger partial charge in [-0.2, -0.15) is 0 Å². The van der Waals surface area contributed by atoms with Crippen LogP contribution >= 0.6 is 0 Å². The van der Waals surface area contributed by atoms with E-state index in [1.807, 2.05) is 0 Å². The van der Waals surface area contributed by atoms with Crippen molar-refractivity contribution in [3.05, 3.63) is 77.9 Å². The van der Waals surface area contributed by atoms with Crippen molar-refractivity contribution in [3.8, 4) is 11.1 Å². The number of allylic oxidation sites excluding steroid dienone is 3. The van der Waals surface area contributed by atoms with Gasteiger partial charge in [-0.3, -0.25) is 0 Å². The molecule has 0 aromatic heterocycles. The maximum absolute atomic E-state index is 13.2. The van der Waals surface area contributed by atoms with Gasteiger partial charge in [0.1, 0.15) is 0 Å². The van der Waals surface area contributed by atoms with Crippen LogP contribution < -0.4 is 0 Å². The van der Waals surface area contributed by atoms with E-state index in [1.165, 1.54) is 12.1 Å². The first kappa shape index (κ1) is 15.6. The summed E-state index contributed by atoms with van der Waals surface area (Å²) in [5.41, 5.74) is 1.91. The Labute approximate surface area is 127 Å². The molecule has 0 spiro atoms. The molecule has 0 saturated heterocycles. The second-order valence-electron chi connectivity index (χ2n) is 4.62. The second kappa shape index (κ2) is 6.80. The predicted molar refractivity (Wildman–Crippen MR) is 82.2 cm³/mol. The van der Waals surface area contributed by atoms with Gasteiger partial charge in [-0.15, -0.1) is 0 Å². The first-order valence-corrected chi connectivity index (χ1v) is 6.65. The maximum atomic E-state index is 13.2. The Morgan fingerprint density at radius 2 is 1.64 bits per heavy atom. The molecule has 0 amide bonds. The lowest BCUT2D eigenvalue weighted by molar-refractivity contribution is -0.130. The van der Waals surface area contributed by atoms with E-state index in [0.29, 0.717) is 16.7 Å². The Bertz CT molecular complexity index is 744. The van der Waals surface area contributed by atoms with Crippen molar-refractivity contribution in [2.45, 2.75) is 6.92 Å². The van der Waals surface area contributed by atoms with Gasteiger partial charge in [0, 0.05) is 0 Å². The summed E-state index contributed by atoms with van der Waals surface area (Å²) in [6, 6.07) is 10.3. The summed E-state index contributed by atoms with van der Waals surface area (Å²) < 4.78 is 26.2. The molecule has 0 aliphatic rings. The molecule has 2 aromatic rings. The largest absolute Gasteiger partial charge is 0.478 e. The molecule has 22 heavy (non-hydrogen) atoms. The van der Waals surface area contributed by atoms with Crippen molar-refractivity contribution in [1.29, 1.82) is 0 Å². The first-order valence-electron chi connectivity index (χ1n) is 6.65. The number of halogens is 2. The molecule has 2 nitrogen and oxygen atoms in total. The minimum absolute atomic E-state index is 0.162. The molecular formula is C18H14F2O2. The number of carbonyl (C=O) groups is 1. The topological polar surface area (TPSA) is 37.3 Å². The minimum Gasteiger partial charge on any atom is -0.478 e. The molecule has 0 aliphatic heterocycles. The zero-order valence-electron chi connectivity index (χ0n) is 11.9. The van der Waals surface area contributed by atoms with E-state index in [9.17, 15) is 18.7 Å². The van der Waals surface area contributed by atoms with E-state index in [2.05, 4.69) is 0 Å². The second-order valence-corrected chi connectivity index (χ2v) is 4.62. The van der Waals surface area contributed by atoms with Crippen molar-refractivity contribution in [2.75, 3.05) is 0 Å². The van der Waals surface area contributed by atoms with Gasteiger partial charge in [0.25, 0.3) is 0 Å². The number of aliphatic carboxylic acids is 1. The van der Waals surface area contributed by atoms with E-state index in [0.717, 1.165) is 12.1 Å². The number of carboxylic acids is 1. The molecular weight excluding hydrogens is 286 g/mol. The average molecular weight is 300 g/mol. The number of rotatable bonds is 4. The van der Waals surface area contributed by atoms with Gasteiger partial charge in [-0.1, -0.05) is 42.5 Å². The van der Waals surface area contributed by atoms with Gasteiger partial charge < -0.3 is 5.11 Å². The van der Waals surface area contributed by atoms with Crippen molar-refractivity contribution in [1.82, 2.24) is 0 Å². The summed E-state index contributed by atoms with van der Waals surface area (Å²) in [5.74, 6) is -2.85. The third-order valence-corrected chi connectivity index (χ3v) is 3.13. The van der Waals surface area contributed by atoms with E-state index < -0.39 is 17.6 Å². The Morgan fingerprint density at radius 1 is 1.00 bits per heavy atom. The lowest BCUT2D eigenvalue weighted by Crippen LogP contribution is -1.99. The molecule has 0 heterocycles. The van der Waals surface area contributed by atoms with Crippen LogP contribution in [0.4, 0.5) is 8.78 Å². The zero-order valence-corrected chi connectivity index (χ0v) is 11.9. The molecule has 2 rings (SSSR count). The lowest BCUT2D eigenvalue weighted by Gasteiger charge is -2.06. The highest BCUT2D eigenvalue weighted by molar-refractivity contribution is 6.15. The highest BCUT2D eigenvalue weighted by atomic mass is 19.2. The van der Waals surface area contributed by atoms with Gasteiger partial charge in [0.2, 0.25) is 0 Å². The molecule has 0 bridgehead atoms. The van der Waals surface area contributed by atoms with Gasteiger partial charge >= 0.3 is 5.97 Å². The molecule has 0 radical (unpaired) electrons. The van der Waals surface area contributed by atoms with Crippen LogP contribution in [0, 0.1) is 11.6 Å². The van der Waals surface area contributed by atoms with Gasteiger partial charge in [-0.05, 0) is 41.8 Å². The number of hydrogen-bond donors (Lipinski definition) is 1.